The van der Waals surface area contributed by atoms with Gasteiger partial charge in [0.15, 0.2) is 18.4 Å². The first-order valence-corrected chi connectivity index (χ1v) is 18.0. The molecule has 2 saturated heterocycles. The van der Waals surface area contributed by atoms with E-state index in [4.69, 9.17) is 31.2 Å². The van der Waals surface area contributed by atoms with Gasteiger partial charge in [-0.15, -0.1) is 0 Å². The number of anilines is 1. The molecule has 12 nitrogen and oxygen atoms in total. The van der Waals surface area contributed by atoms with Crippen LogP contribution in [-0.2, 0) is 25.5 Å². The summed E-state index contributed by atoms with van der Waals surface area (Å²) < 4.78 is 25.7. The van der Waals surface area contributed by atoms with Crippen LogP contribution in [-0.4, -0.2) is 83.5 Å². The SMILES string of the molecule is O=C(OC[C@H]1O[C@H](n2cc(N3CCN(Cc4ccccc4)CC3)c(=S)[nH]c2=O)[C@@H](OC(=O)c2ccccc2)[C@@H]1OC(=O)c1ccccc1)c1ccccc1. The highest BCUT2D eigenvalue weighted by molar-refractivity contribution is 7.71. The number of rotatable bonds is 11. The maximum Gasteiger partial charge on any atom is 0.338 e. The van der Waals surface area contributed by atoms with Crippen molar-refractivity contribution in [2.75, 3.05) is 37.7 Å². The van der Waals surface area contributed by atoms with Crippen LogP contribution in [0.3, 0.4) is 0 Å². The van der Waals surface area contributed by atoms with Crippen LogP contribution in [0, 0.1) is 4.64 Å². The molecule has 7 rings (SSSR count). The zero-order chi connectivity index (χ0) is 37.4. The van der Waals surface area contributed by atoms with Crippen LogP contribution >= 0.6 is 12.2 Å². The number of hydrogen-bond donors (Lipinski definition) is 1. The van der Waals surface area contributed by atoms with E-state index in [1.54, 1.807) is 97.2 Å². The summed E-state index contributed by atoms with van der Waals surface area (Å²) in [7, 11) is 0. The first-order valence-electron chi connectivity index (χ1n) is 17.6. The number of nitrogens with one attached hydrogen (secondary N) is 1. The second kappa shape index (κ2) is 16.8. The predicted octanol–water partition coefficient (Wildman–Crippen LogP) is 5.43. The normalized spacial score (nSPS) is 19.9. The quantitative estimate of drug-likeness (QED) is 0.105. The second-order valence-corrected chi connectivity index (χ2v) is 13.3. The second-order valence-electron chi connectivity index (χ2n) is 12.9. The number of hydrogen-bond acceptors (Lipinski definition) is 11. The van der Waals surface area contributed by atoms with Gasteiger partial charge in [-0.3, -0.25) is 14.5 Å². The standard InChI is InChI=1S/C41H38N4O8S/c46-38(29-15-7-2-8-16-29)50-27-33-34(52-39(47)30-17-9-3-10-18-30)35(53-40(48)31-19-11-4-12-20-31)37(51-33)45-26-32(36(54)42-41(45)49)44-23-21-43(22-24-44)25-28-13-5-1-6-14-28/h1-20,26,33-35,37H,21-25,27H2,(H,42,49,54)/t33-,34-,35+,37+/m1/s1. The highest BCUT2D eigenvalue weighted by Gasteiger charge is 2.52. The molecule has 0 bridgehead atoms. The largest absolute Gasteiger partial charge is 0.459 e. The summed E-state index contributed by atoms with van der Waals surface area (Å²) in [6, 6.07) is 35.2. The Balaban J connectivity index is 1.20. The van der Waals surface area contributed by atoms with Crippen molar-refractivity contribution in [3.8, 4) is 0 Å². The number of nitrogens with zero attached hydrogens (tertiary/aromatic N) is 3. The number of H-pyrrole nitrogens is 1. The minimum Gasteiger partial charge on any atom is -0.459 e. The molecule has 0 saturated carbocycles. The average Bonchev–Trinajstić information content (AvgIpc) is 3.54. The fourth-order valence-electron chi connectivity index (χ4n) is 6.56. The zero-order valence-corrected chi connectivity index (χ0v) is 30.0. The van der Waals surface area contributed by atoms with Gasteiger partial charge in [0.1, 0.15) is 17.4 Å². The number of carbonyl (C=O) groups is 3. The molecule has 1 N–H and O–H groups in total. The van der Waals surface area contributed by atoms with Crippen molar-refractivity contribution in [1.82, 2.24) is 14.5 Å². The van der Waals surface area contributed by atoms with Gasteiger partial charge in [-0.1, -0.05) is 97.1 Å². The van der Waals surface area contributed by atoms with Gasteiger partial charge in [0.05, 0.1) is 22.4 Å². The van der Waals surface area contributed by atoms with Crippen molar-refractivity contribution in [3.63, 3.8) is 0 Å². The minimum atomic E-state index is -1.36. The molecule has 2 aliphatic heterocycles. The monoisotopic (exact) mass is 746 g/mol. The van der Waals surface area contributed by atoms with Crippen LogP contribution in [0.25, 0.3) is 0 Å². The third-order valence-corrected chi connectivity index (χ3v) is 9.68. The van der Waals surface area contributed by atoms with Crippen LogP contribution in [0.15, 0.2) is 132 Å². The van der Waals surface area contributed by atoms with Crippen molar-refractivity contribution in [3.05, 3.63) is 165 Å². The van der Waals surface area contributed by atoms with Gasteiger partial charge in [-0.25, -0.2) is 19.2 Å². The summed E-state index contributed by atoms with van der Waals surface area (Å²) in [6.07, 6.45) is -3.55. The first-order chi connectivity index (χ1) is 26.3. The minimum absolute atomic E-state index is 0.234. The molecule has 2 aliphatic rings. The van der Waals surface area contributed by atoms with Crippen molar-refractivity contribution in [2.45, 2.75) is 31.1 Å². The molecule has 2 fully saturated rings. The van der Waals surface area contributed by atoms with Crippen molar-refractivity contribution in [1.29, 1.82) is 0 Å². The van der Waals surface area contributed by atoms with Gasteiger partial charge in [0.25, 0.3) is 0 Å². The lowest BCUT2D eigenvalue weighted by Gasteiger charge is -2.36. The molecule has 0 unspecified atom stereocenters. The number of piperazine rings is 1. The molecule has 13 heteroatoms. The van der Waals surface area contributed by atoms with E-state index in [2.05, 4.69) is 26.9 Å². The van der Waals surface area contributed by atoms with Crippen LogP contribution < -0.4 is 10.6 Å². The van der Waals surface area contributed by atoms with E-state index in [1.807, 2.05) is 18.2 Å². The summed E-state index contributed by atoms with van der Waals surface area (Å²) in [5.74, 6) is -2.09. The van der Waals surface area contributed by atoms with Crippen LogP contribution in [0.4, 0.5) is 5.69 Å². The van der Waals surface area contributed by atoms with E-state index in [-0.39, 0.29) is 22.4 Å². The highest BCUT2D eigenvalue weighted by Crippen LogP contribution is 2.35. The third-order valence-electron chi connectivity index (χ3n) is 9.36. The van der Waals surface area contributed by atoms with E-state index in [0.717, 1.165) is 19.6 Å². The number of ether oxygens (including phenoxy) is 4. The fraction of sp³-hybridized carbons (Fsp3) is 0.244. The van der Waals surface area contributed by atoms with Gasteiger partial charge in [0, 0.05) is 38.9 Å². The van der Waals surface area contributed by atoms with Gasteiger partial charge in [-0.2, -0.15) is 0 Å². The summed E-state index contributed by atoms with van der Waals surface area (Å²) in [6.45, 7) is 3.21. The zero-order valence-electron chi connectivity index (χ0n) is 29.2. The fourth-order valence-corrected chi connectivity index (χ4v) is 6.83. The van der Waals surface area contributed by atoms with E-state index in [1.165, 1.54) is 10.1 Å². The maximum atomic E-state index is 13.7. The molecular formula is C41H38N4O8S. The van der Waals surface area contributed by atoms with E-state index < -0.39 is 48.1 Å². The molecule has 276 valence electrons. The maximum absolute atomic E-state index is 13.7. The van der Waals surface area contributed by atoms with E-state index in [9.17, 15) is 19.2 Å². The van der Waals surface area contributed by atoms with E-state index >= 15 is 0 Å². The summed E-state index contributed by atoms with van der Waals surface area (Å²) in [5, 5.41) is 0. The van der Waals surface area contributed by atoms with Crippen LogP contribution in [0.2, 0.25) is 0 Å². The molecule has 4 aromatic carbocycles. The Morgan fingerprint density at radius 1 is 0.685 bits per heavy atom. The van der Waals surface area contributed by atoms with Crippen molar-refractivity contribution >= 4 is 35.8 Å². The molecular weight excluding hydrogens is 709 g/mol. The first kappa shape index (κ1) is 36.5. The Morgan fingerprint density at radius 3 is 1.74 bits per heavy atom. The third kappa shape index (κ3) is 8.49. The highest BCUT2D eigenvalue weighted by atomic mass is 32.1. The molecule has 54 heavy (non-hydrogen) atoms. The number of aromatic nitrogens is 2. The lowest BCUT2D eigenvalue weighted by Crippen LogP contribution is -2.47. The Kier molecular flexibility index (Phi) is 11.4. The number of esters is 3. The number of aromatic amines is 1. The van der Waals surface area contributed by atoms with Crippen LogP contribution in [0.5, 0.6) is 0 Å². The Bertz CT molecular complexity index is 2180. The lowest BCUT2D eigenvalue weighted by atomic mass is 10.1. The topological polar surface area (TPSA) is 132 Å². The lowest BCUT2D eigenvalue weighted by molar-refractivity contribution is -0.0639. The summed E-state index contributed by atoms with van der Waals surface area (Å²) in [5.41, 5.74) is 1.95. The predicted molar refractivity (Wildman–Crippen MR) is 202 cm³/mol. The van der Waals surface area contributed by atoms with Crippen molar-refractivity contribution < 1.29 is 33.3 Å². The van der Waals surface area contributed by atoms with E-state index in [0.29, 0.717) is 24.3 Å². The Hall–Kier alpha value is -5.89. The summed E-state index contributed by atoms with van der Waals surface area (Å²) in [4.78, 5) is 61.1. The molecule has 0 spiro atoms. The number of carbonyl (C=O) groups excluding carboxylic acids is 3. The van der Waals surface area contributed by atoms with Crippen LogP contribution in [0.1, 0.15) is 42.9 Å². The Morgan fingerprint density at radius 2 is 1.19 bits per heavy atom. The molecule has 5 aromatic rings. The van der Waals surface area contributed by atoms with Gasteiger partial charge in [-0.05, 0) is 42.0 Å². The molecule has 0 aliphatic carbocycles. The smallest absolute Gasteiger partial charge is 0.338 e. The average molecular weight is 747 g/mol. The molecule has 4 atom stereocenters. The van der Waals surface area contributed by atoms with Gasteiger partial charge < -0.3 is 23.8 Å². The van der Waals surface area contributed by atoms with Crippen molar-refractivity contribution in [2.24, 2.45) is 0 Å². The molecule has 0 radical (unpaired) electrons. The molecule has 0 amide bonds. The molecule has 1 aromatic heterocycles. The van der Waals surface area contributed by atoms with Gasteiger partial charge >= 0.3 is 23.6 Å². The summed E-state index contributed by atoms with van der Waals surface area (Å²) >= 11 is 5.65. The molecule has 3 heterocycles. The number of benzene rings is 4. The Labute approximate surface area is 316 Å². The van der Waals surface area contributed by atoms with Gasteiger partial charge in [0.2, 0.25) is 0 Å².